The van der Waals surface area contributed by atoms with E-state index in [0.29, 0.717) is 22.1 Å². The summed E-state index contributed by atoms with van der Waals surface area (Å²) in [7, 11) is 0. The van der Waals surface area contributed by atoms with Gasteiger partial charge in [-0.25, -0.2) is 4.39 Å². The molecule has 4 rings (SSSR count). The SMILES string of the molecule is O=C1S/C(=C\c2ccc(OCc3ccc(Cl)cc3)c(I)c2)C(=O)N1Cc1ccc(F)cc1. The fraction of sp³-hybridized carbons (Fsp3) is 0.0833. The molecule has 4 nitrogen and oxygen atoms in total. The predicted octanol–water partition coefficient (Wildman–Crippen LogP) is 6.90. The summed E-state index contributed by atoms with van der Waals surface area (Å²) in [6.07, 6.45) is 1.70. The highest BCUT2D eigenvalue weighted by atomic mass is 127. The van der Waals surface area contributed by atoms with Crippen molar-refractivity contribution >= 4 is 63.2 Å². The van der Waals surface area contributed by atoms with Crippen molar-refractivity contribution in [2.24, 2.45) is 0 Å². The molecule has 0 aliphatic carbocycles. The van der Waals surface area contributed by atoms with E-state index in [2.05, 4.69) is 22.6 Å². The Morgan fingerprint density at radius 3 is 2.38 bits per heavy atom. The van der Waals surface area contributed by atoms with Crippen molar-refractivity contribution in [1.82, 2.24) is 4.90 Å². The lowest BCUT2D eigenvalue weighted by Gasteiger charge is -2.12. The molecule has 1 saturated heterocycles. The van der Waals surface area contributed by atoms with Gasteiger partial charge in [-0.1, -0.05) is 41.9 Å². The summed E-state index contributed by atoms with van der Waals surface area (Å²) in [5, 5.41) is 0.331. The Labute approximate surface area is 207 Å². The normalized spacial score (nSPS) is 15.0. The number of benzene rings is 3. The highest BCUT2D eigenvalue weighted by molar-refractivity contribution is 14.1. The van der Waals surface area contributed by atoms with Gasteiger partial charge in [0.1, 0.15) is 18.2 Å². The Morgan fingerprint density at radius 1 is 1.00 bits per heavy atom. The average molecular weight is 580 g/mol. The monoisotopic (exact) mass is 579 g/mol. The number of hydrogen-bond acceptors (Lipinski definition) is 4. The molecule has 1 aliphatic heterocycles. The van der Waals surface area contributed by atoms with Crippen LogP contribution in [0.15, 0.2) is 71.6 Å². The van der Waals surface area contributed by atoms with E-state index in [4.69, 9.17) is 16.3 Å². The van der Waals surface area contributed by atoms with Crippen LogP contribution in [0.1, 0.15) is 16.7 Å². The van der Waals surface area contributed by atoms with Crippen molar-refractivity contribution in [3.05, 3.63) is 103 Å². The Kier molecular flexibility index (Phi) is 7.17. The minimum atomic E-state index is -0.363. The Balaban J connectivity index is 1.44. The molecule has 3 aromatic carbocycles. The first-order valence-electron chi connectivity index (χ1n) is 9.55. The van der Waals surface area contributed by atoms with Gasteiger partial charge in [-0.3, -0.25) is 14.5 Å². The lowest BCUT2D eigenvalue weighted by atomic mass is 10.2. The van der Waals surface area contributed by atoms with Crippen molar-refractivity contribution in [3.63, 3.8) is 0 Å². The summed E-state index contributed by atoms with van der Waals surface area (Å²) < 4.78 is 19.9. The number of hydrogen-bond donors (Lipinski definition) is 0. The van der Waals surface area contributed by atoms with E-state index in [1.165, 1.54) is 12.1 Å². The maximum atomic E-state index is 13.1. The van der Waals surface area contributed by atoms with Gasteiger partial charge in [0.25, 0.3) is 11.1 Å². The molecule has 162 valence electrons. The largest absolute Gasteiger partial charge is 0.488 e. The third-order valence-corrected chi connectivity index (χ3v) is 6.69. The topological polar surface area (TPSA) is 46.6 Å². The fourth-order valence-corrected chi connectivity index (χ4v) is 4.69. The molecule has 0 N–H and O–H groups in total. The van der Waals surface area contributed by atoms with Gasteiger partial charge in [-0.05, 0) is 93.5 Å². The summed E-state index contributed by atoms with van der Waals surface area (Å²) in [5.41, 5.74) is 2.48. The van der Waals surface area contributed by atoms with E-state index in [9.17, 15) is 14.0 Å². The van der Waals surface area contributed by atoms with Crippen LogP contribution >= 0.6 is 46.0 Å². The zero-order chi connectivity index (χ0) is 22.7. The van der Waals surface area contributed by atoms with Crippen LogP contribution in [0.5, 0.6) is 5.75 Å². The van der Waals surface area contributed by atoms with Crippen LogP contribution in [0.3, 0.4) is 0 Å². The van der Waals surface area contributed by atoms with Crippen molar-refractivity contribution in [1.29, 1.82) is 0 Å². The average Bonchev–Trinajstić information content (AvgIpc) is 3.03. The molecule has 1 heterocycles. The highest BCUT2D eigenvalue weighted by Gasteiger charge is 2.35. The second kappa shape index (κ2) is 10.1. The van der Waals surface area contributed by atoms with Crippen LogP contribution < -0.4 is 4.74 Å². The zero-order valence-electron chi connectivity index (χ0n) is 16.6. The summed E-state index contributed by atoms with van der Waals surface area (Å²) in [6, 6.07) is 18.8. The van der Waals surface area contributed by atoms with Gasteiger partial charge in [0, 0.05) is 5.02 Å². The summed E-state index contributed by atoms with van der Waals surface area (Å²) in [5.74, 6) is 0.00231. The van der Waals surface area contributed by atoms with E-state index >= 15 is 0 Å². The minimum absolute atomic E-state index is 0.108. The van der Waals surface area contributed by atoms with E-state index < -0.39 is 0 Å². The molecule has 0 bridgehead atoms. The van der Waals surface area contributed by atoms with Crippen molar-refractivity contribution in [2.45, 2.75) is 13.2 Å². The van der Waals surface area contributed by atoms with E-state index in [1.54, 1.807) is 18.2 Å². The van der Waals surface area contributed by atoms with Gasteiger partial charge < -0.3 is 4.74 Å². The molecule has 1 fully saturated rings. The Bertz CT molecular complexity index is 1200. The predicted molar refractivity (Wildman–Crippen MR) is 133 cm³/mol. The van der Waals surface area contributed by atoms with E-state index in [-0.39, 0.29) is 23.5 Å². The summed E-state index contributed by atoms with van der Waals surface area (Å²) >= 11 is 8.98. The highest BCUT2D eigenvalue weighted by Crippen LogP contribution is 2.34. The lowest BCUT2D eigenvalue weighted by molar-refractivity contribution is -0.123. The quantitative estimate of drug-likeness (QED) is 0.236. The maximum absolute atomic E-state index is 13.1. The third kappa shape index (κ3) is 5.51. The number of rotatable bonds is 6. The second-order valence-electron chi connectivity index (χ2n) is 7.00. The number of halogens is 3. The number of imide groups is 1. The zero-order valence-corrected chi connectivity index (χ0v) is 20.3. The molecule has 0 radical (unpaired) electrons. The molecule has 3 aromatic rings. The molecule has 2 amide bonds. The van der Waals surface area contributed by atoms with Gasteiger partial charge in [0.05, 0.1) is 15.0 Å². The number of carbonyl (C=O) groups is 2. The molecule has 0 saturated carbocycles. The second-order valence-corrected chi connectivity index (χ2v) is 9.59. The molecule has 0 atom stereocenters. The van der Waals surface area contributed by atoms with Crippen LogP contribution in [-0.2, 0) is 17.9 Å². The maximum Gasteiger partial charge on any atom is 0.293 e. The number of amides is 2. The summed E-state index contributed by atoms with van der Waals surface area (Å²) in [4.78, 5) is 26.6. The number of ether oxygens (including phenoxy) is 1. The van der Waals surface area contributed by atoms with Crippen LogP contribution in [0.25, 0.3) is 6.08 Å². The lowest BCUT2D eigenvalue weighted by Crippen LogP contribution is -2.27. The fourth-order valence-electron chi connectivity index (χ4n) is 3.03. The minimum Gasteiger partial charge on any atom is -0.488 e. The molecule has 32 heavy (non-hydrogen) atoms. The molecule has 0 unspecified atom stereocenters. The molecule has 1 aliphatic rings. The molecule has 8 heteroatoms. The molecule has 0 aromatic heterocycles. The molecular formula is C24H16ClFINO3S. The van der Waals surface area contributed by atoms with Crippen molar-refractivity contribution in [2.75, 3.05) is 0 Å². The van der Waals surface area contributed by atoms with E-state index in [1.807, 2.05) is 42.5 Å². The van der Waals surface area contributed by atoms with E-state index in [0.717, 1.165) is 37.1 Å². The van der Waals surface area contributed by atoms with Crippen molar-refractivity contribution in [3.8, 4) is 5.75 Å². The van der Waals surface area contributed by atoms with Crippen LogP contribution in [0.2, 0.25) is 5.02 Å². The first-order chi connectivity index (χ1) is 15.4. The Morgan fingerprint density at radius 2 is 1.69 bits per heavy atom. The standard InChI is InChI=1S/C24H16ClFINO3S/c25-18-6-1-16(2-7-18)14-31-21-10-5-17(11-20(21)27)12-22-23(29)28(24(30)32-22)13-15-3-8-19(26)9-4-15/h1-12H,13-14H2/b22-12-. The third-order valence-electron chi connectivity index (χ3n) is 4.69. The summed E-state index contributed by atoms with van der Waals surface area (Å²) in [6.45, 7) is 0.520. The first-order valence-corrected chi connectivity index (χ1v) is 11.8. The van der Waals surface area contributed by atoms with Crippen LogP contribution in [0.4, 0.5) is 9.18 Å². The molecular weight excluding hydrogens is 564 g/mol. The van der Waals surface area contributed by atoms with Gasteiger partial charge in [-0.2, -0.15) is 0 Å². The van der Waals surface area contributed by atoms with Gasteiger partial charge in [0.15, 0.2) is 0 Å². The van der Waals surface area contributed by atoms with Crippen LogP contribution in [0, 0.1) is 9.39 Å². The Hall–Kier alpha value is -2.36. The molecule has 0 spiro atoms. The van der Waals surface area contributed by atoms with Crippen molar-refractivity contribution < 1.29 is 18.7 Å². The van der Waals surface area contributed by atoms with Gasteiger partial charge in [-0.15, -0.1) is 0 Å². The van der Waals surface area contributed by atoms with Gasteiger partial charge >= 0.3 is 0 Å². The van der Waals surface area contributed by atoms with Gasteiger partial charge in [0.2, 0.25) is 0 Å². The number of thioether (sulfide) groups is 1. The first kappa shape index (κ1) is 22.8. The van der Waals surface area contributed by atoms with Crippen LogP contribution in [-0.4, -0.2) is 16.0 Å². The number of carbonyl (C=O) groups excluding carboxylic acids is 2. The number of nitrogens with zero attached hydrogens (tertiary/aromatic N) is 1. The smallest absolute Gasteiger partial charge is 0.293 e.